The second-order valence-corrected chi connectivity index (χ2v) is 3.72. The first-order valence-corrected chi connectivity index (χ1v) is 5.16. The predicted octanol–water partition coefficient (Wildman–Crippen LogP) is 3.46. The number of nitrogens with zero attached hydrogens (tertiary/aromatic N) is 2. The molecule has 0 unspecified atom stereocenters. The topological polar surface area (TPSA) is 37.8 Å². The minimum absolute atomic E-state index is 0.0178. The number of aryl methyl sites for hydroxylation is 1. The molecule has 0 bridgehead atoms. The Labute approximate surface area is 101 Å². The Morgan fingerprint density at radius 2 is 1.82 bits per heavy atom. The number of aromatic nitrogens is 2. The fraction of sp³-hybridized carbons (Fsp3) is 0.0909. The first-order valence-electron chi connectivity index (χ1n) is 4.78. The third-order valence-corrected chi connectivity index (χ3v) is 2.21. The van der Waals surface area contributed by atoms with Crippen molar-refractivity contribution < 1.29 is 8.78 Å². The highest BCUT2D eigenvalue weighted by atomic mass is 35.5. The molecule has 6 heteroatoms. The summed E-state index contributed by atoms with van der Waals surface area (Å²) in [5.74, 6) is -1.15. The fourth-order valence-corrected chi connectivity index (χ4v) is 1.57. The van der Waals surface area contributed by atoms with Crippen LogP contribution in [-0.4, -0.2) is 9.97 Å². The van der Waals surface area contributed by atoms with Gasteiger partial charge in [-0.1, -0.05) is 6.07 Å². The van der Waals surface area contributed by atoms with Crippen molar-refractivity contribution in [3.63, 3.8) is 0 Å². The van der Waals surface area contributed by atoms with Gasteiger partial charge in [-0.2, -0.15) is 0 Å². The zero-order valence-electron chi connectivity index (χ0n) is 8.84. The van der Waals surface area contributed by atoms with Crippen LogP contribution in [0.1, 0.15) is 5.69 Å². The number of hydrogen-bond acceptors (Lipinski definition) is 3. The maximum atomic E-state index is 13.4. The number of hydrogen-bond donors (Lipinski definition) is 1. The number of halogens is 3. The van der Waals surface area contributed by atoms with Crippen LogP contribution in [0.2, 0.25) is 5.28 Å². The highest BCUT2D eigenvalue weighted by molar-refractivity contribution is 6.28. The molecule has 0 saturated heterocycles. The van der Waals surface area contributed by atoms with Crippen LogP contribution in [0.5, 0.6) is 0 Å². The smallest absolute Gasteiger partial charge is 0.224 e. The fourth-order valence-electron chi connectivity index (χ4n) is 1.34. The van der Waals surface area contributed by atoms with Crippen molar-refractivity contribution in [2.45, 2.75) is 6.92 Å². The van der Waals surface area contributed by atoms with Crippen molar-refractivity contribution in [1.29, 1.82) is 0 Å². The van der Waals surface area contributed by atoms with E-state index in [-0.39, 0.29) is 16.8 Å². The molecule has 3 nitrogen and oxygen atoms in total. The monoisotopic (exact) mass is 255 g/mol. The molecular weight excluding hydrogens is 248 g/mol. The largest absolute Gasteiger partial charge is 0.335 e. The third kappa shape index (κ3) is 2.68. The molecule has 88 valence electrons. The number of benzene rings is 1. The van der Waals surface area contributed by atoms with E-state index in [0.717, 1.165) is 12.1 Å². The maximum absolute atomic E-state index is 13.4. The van der Waals surface area contributed by atoms with Crippen LogP contribution in [0, 0.1) is 18.6 Å². The summed E-state index contributed by atoms with van der Waals surface area (Å²) < 4.78 is 26.7. The van der Waals surface area contributed by atoms with E-state index in [9.17, 15) is 8.78 Å². The number of anilines is 2. The van der Waals surface area contributed by atoms with E-state index in [1.165, 1.54) is 12.1 Å². The summed E-state index contributed by atoms with van der Waals surface area (Å²) in [4.78, 5) is 7.67. The van der Waals surface area contributed by atoms with Gasteiger partial charge >= 0.3 is 0 Å². The summed E-state index contributed by atoms with van der Waals surface area (Å²) in [5, 5.41) is 2.55. The van der Waals surface area contributed by atoms with Crippen LogP contribution in [0.25, 0.3) is 0 Å². The Balaban J connectivity index is 2.38. The van der Waals surface area contributed by atoms with Crippen LogP contribution < -0.4 is 5.32 Å². The minimum Gasteiger partial charge on any atom is -0.335 e. The SMILES string of the molecule is Cc1cc(Nc2c(F)cccc2F)nc(Cl)n1. The van der Waals surface area contributed by atoms with E-state index in [0.29, 0.717) is 5.69 Å². The van der Waals surface area contributed by atoms with Crippen molar-refractivity contribution in [2.24, 2.45) is 0 Å². The van der Waals surface area contributed by atoms with Crippen molar-refractivity contribution in [3.8, 4) is 0 Å². The van der Waals surface area contributed by atoms with Gasteiger partial charge in [0.25, 0.3) is 0 Å². The van der Waals surface area contributed by atoms with Crippen molar-refractivity contribution in [1.82, 2.24) is 9.97 Å². The van der Waals surface area contributed by atoms with Gasteiger partial charge in [0.1, 0.15) is 23.1 Å². The van der Waals surface area contributed by atoms with Crippen LogP contribution in [0.15, 0.2) is 24.3 Å². The molecule has 1 heterocycles. The third-order valence-electron chi connectivity index (χ3n) is 2.04. The van der Waals surface area contributed by atoms with Gasteiger partial charge in [-0.25, -0.2) is 18.7 Å². The van der Waals surface area contributed by atoms with E-state index in [1.54, 1.807) is 6.92 Å². The van der Waals surface area contributed by atoms with Gasteiger partial charge in [0.2, 0.25) is 5.28 Å². The van der Waals surface area contributed by atoms with E-state index < -0.39 is 11.6 Å². The van der Waals surface area contributed by atoms with Gasteiger partial charge in [-0.05, 0) is 30.7 Å². The normalized spacial score (nSPS) is 10.4. The molecule has 0 saturated carbocycles. The van der Waals surface area contributed by atoms with E-state index in [4.69, 9.17) is 11.6 Å². The molecule has 0 aliphatic rings. The van der Waals surface area contributed by atoms with Gasteiger partial charge in [-0.3, -0.25) is 0 Å². The summed E-state index contributed by atoms with van der Waals surface area (Å²) in [6.45, 7) is 1.70. The molecule has 1 aromatic heterocycles. The highest BCUT2D eigenvalue weighted by Crippen LogP contribution is 2.22. The molecule has 0 radical (unpaired) electrons. The molecule has 1 aromatic carbocycles. The Hall–Kier alpha value is -1.75. The molecule has 0 aliphatic carbocycles. The Morgan fingerprint density at radius 1 is 1.18 bits per heavy atom. The summed E-state index contributed by atoms with van der Waals surface area (Å²) in [6.07, 6.45) is 0. The summed E-state index contributed by atoms with van der Waals surface area (Å²) in [6, 6.07) is 5.13. The molecule has 0 atom stereocenters. The summed E-state index contributed by atoms with van der Waals surface area (Å²) in [5.41, 5.74) is 0.339. The van der Waals surface area contributed by atoms with Crippen molar-refractivity contribution in [2.75, 3.05) is 5.32 Å². The van der Waals surface area contributed by atoms with Crippen molar-refractivity contribution in [3.05, 3.63) is 46.9 Å². The van der Waals surface area contributed by atoms with E-state index in [1.807, 2.05) is 0 Å². The van der Waals surface area contributed by atoms with Gasteiger partial charge in [0.15, 0.2) is 0 Å². The number of nitrogens with one attached hydrogen (secondary N) is 1. The molecule has 0 aliphatic heterocycles. The van der Waals surface area contributed by atoms with Gasteiger partial charge in [0.05, 0.1) is 0 Å². The lowest BCUT2D eigenvalue weighted by atomic mass is 10.3. The molecular formula is C11H8ClF2N3. The highest BCUT2D eigenvalue weighted by Gasteiger charge is 2.09. The van der Waals surface area contributed by atoms with Crippen LogP contribution in [0.4, 0.5) is 20.3 Å². The van der Waals surface area contributed by atoms with Crippen molar-refractivity contribution >= 4 is 23.1 Å². The summed E-state index contributed by atoms with van der Waals surface area (Å²) in [7, 11) is 0. The lowest BCUT2D eigenvalue weighted by Crippen LogP contribution is -2.00. The van der Waals surface area contributed by atoms with Gasteiger partial charge in [0, 0.05) is 11.8 Å². The zero-order valence-corrected chi connectivity index (χ0v) is 9.59. The predicted molar refractivity (Wildman–Crippen MR) is 61.4 cm³/mol. The second-order valence-electron chi connectivity index (χ2n) is 3.39. The second kappa shape index (κ2) is 4.63. The standard InChI is InChI=1S/C11H8ClF2N3/c1-6-5-9(17-11(12)15-6)16-10-7(13)3-2-4-8(10)14/h2-5H,1H3,(H,15,16,17). The maximum Gasteiger partial charge on any atom is 0.224 e. The molecule has 0 spiro atoms. The van der Waals surface area contributed by atoms with Crippen LogP contribution >= 0.6 is 11.6 Å². The molecule has 0 amide bonds. The first kappa shape index (κ1) is 11.7. The van der Waals surface area contributed by atoms with E-state index >= 15 is 0 Å². The lowest BCUT2D eigenvalue weighted by molar-refractivity contribution is 0.590. The molecule has 2 rings (SSSR count). The quantitative estimate of drug-likeness (QED) is 0.835. The first-order chi connectivity index (χ1) is 8.06. The molecule has 1 N–H and O–H groups in total. The molecule has 2 aromatic rings. The van der Waals surface area contributed by atoms with Crippen LogP contribution in [0.3, 0.4) is 0 Å². The Morgan fingerprint density at radius 3 is 2.41 bits per heavy atom. The molecule has 17 heavy (non-hydrogen) atoms. The lowest BCUT2D eigenvalue weighted by Gasteiger charge is -2.08. The van der Waals surface area contributed by atoms with Gasteiger partial charge in [-0.15, -0.1) is 0 Å². The number of para-hydroxylation sites is 1. The molecule has 0 fully saturated rings. The Kier molecular flexibility index (Phi) is 3.19. The van der Waals surface area contributed by atoms with Gasteiger partial charge < -0.3 is 5.32 Å². The summed E-state index contributed by atoms with van der Waals surface area (Å²) >= 11 is 5.65. The number of rotatable bonds is 2. The average Bonchev–Trinajstić information content (AvgIpc) is 2.22. The average molecular weight is 256 g/mol. The minimum atomic E-state index is -0.697. The zero-order chi connectivity index (χ0) is 12.4. The van der Waals surface area contributed by atoms with Crippen LogP contribution in [-0.2, 0) is 0 Å². The Bertz CT molecular complexity index is 520. The van der Waals surface area contributed by atoms with E-state index in [2.05, 4.69) is 15.3 Å².